The van der Waals surface area contributed by atoms with Crippen LogP contribution in [0.15, 0.2) is 12.1 Å². The van der Waals surface area contributed by atoms with Crippen molar-refractivity contribution in [2.24, 2.45) is 0 Å². The Morgan fingerprint density at radius 2 is 2.10 bits per heavy atom. The van der Waals surface area contributed by atoms with Gasteiger partial charge in [-0.25, -0.2) is 0 Å². The molecule has 0 fully saturated rings. The first kappa shape index (κ1) is 7.22. The fourth-order valence-electron chi connectivity index (χ4n) is 0.678. The number of benzene rings is 1. The molecule has 0 aliphatic heterocycles. The minimum Gasteiger partial charge on any atom is -0.506 e. The monoisotopic (exact) mass is 157 g/mol. The van der Waals surface area contributed by atoms with Crippen molar-refractivity contribution < 1.29 is 5.11 Å². The highest BCUT2D eigenvalue weighted by molar-refractivity contribution is 6.34. The highest BCUT2D eigenvalue weighted by Crippen LogP contribution is 2.30. The molecular formula is C7H8ClNO. The molecule has 0 amide bonds. The topological polar surface area (TPSA) is 46.2 Å². The molecule has 1 aromatic carbocycles. The van der Waals surface area contributed by atoms with Crippen molar-refractivity contribution >= 4 is 17.3 Å². The van der Waals surface area contributed by atoms with Crippen molar-refractivity contribution in [2.75, 3.05) is 5.73 Å². The second-order valence-corrected chi connectivity index (χ2v) is 2.51. The summed E-state index contributed by atoms with van der Waals surface area (Å²) in [5.74, 6) is 0.0322. The number of phenols is 1. The van der Waals surface area contributed by atoms with Crippen LogP contribution in [0.4, 0.5) is 5.69 Å². The van der Waals surface area contributed by atoms with Crippen LogP contribution in [-0.4, -0.2) is 5.11 Å². The van der Waals surface area contributed by atoms with Crippen LogP contribution in [0.1, 0.15) is 5.56 Å². The maximum Gasteiger partial charge on any atom is 0.136 e. The number of hydrogen-bond donors (Lipinski definition) is 2. The molecule has 3 N–H and O–H groups in total. The molecule has 1 aromatic rings. The molecule has 10 heavy (non-hydrogen) atoms. The number of rotatable bonds is 0. The van der Waals surface area contributed by atoms with E-state index in [0.29, 0.717) is 5.69 Å². The van der Waals surface area contributed by atoms with Crippen LogP contribution in [0, 0.1) is 6.92 Å². The zero-order valence-corrected chi connectivity index (χ0v) is 6.31. The molecular weight excluding hydrogens is 150 g/mol. The van der Waals surface area contributed by atoms with Crippen molar-refractivity contribution in [3.63, 3.8) is 0 Å². The minimum absolute atomic E-state index is 0.0322. The fourth-order valence-corrected chi connectivity index (χ4v) is 0.890. The van der Waals surface area contributed by atoms with Gasteiger partial charge in [0.25, 0.3) is 0 Å². The van der Waals surface area contributed by atoms with E-state index in [2.05, 4.69) is 0 Å². The van der Waals surface area contributed by atoms with Gasteiger partial charge in [-0.05, 0) is 18.6 Å². The Morgan fingerprint density at radius 3 is 2.60 bits per heavy atom. The maximum absolute atomic E-state index is 9.01. The highest BCUT2D eigenvalue weighted by Gasteiger charge is 2.03. The van der Waals surface area contributed by atoms with Gasteiger partial charge in [0.2, 0.25) is 0 Å². The molecule has 0 radical (unpaired) electrons. The molecule has 0 aromatic heterocycles. The molecule has 0 heterocycles. The lowest BCUT2D eigenvalue weighted by atomic mass is 10.2. The van der Waals surface area contributed by atoms with Gasteiger partial charge < -0.3 is 10.8 Å². The van der Waals surface area contributed by atoms with Crippen molar-refractivity contribution in [2.45, 2.75) is 6.92 Å². The van der Waals surface area contributed by atoms with Gasteiger partial charge in [-0.15, -0.1) is 0 Å². The lowest BCUT2D eigenvalue weighted by Crippen LogP contribution is -1.89. The van der Waals surface area contributed by atoms with Gasteiger partial charge in [0, 0.05) is 0 Å². The Labute approximate surface area is 64.2 Å². The van der Waals surface area contributed by atoms with E-state index in [1.54, 1.807) is 6.07 Å². The number of halogens is 1. The number of aryl methyl sites for hydroxylation is 1. The van der Waals surface area contributed by atoms with Crippen LogP contribution in [0.25, 0.3) is 0 Å². The van der Waals surface area contributed by atoms with E-state index in [-0.39, 0.29) is 10.8 Å². The third kappa shape index (κ3) is 1.02. The summed E-state index contributed by atoms with van der Waals surface area (Å²) in [7, 11) is 0. The summed E-state index contributed by atoms with van der Waals surface area (Å²) in [6.07, 6.45) is 0. The van der Waals surface area contributed by atoms with E-state index in [1.165, 1.54) is 6.07 Å². The summed E-state index contributed by atoms with van der Waals surface area (Å²) in [5.41, 5.74) is 6.81. The van der Waals surface area contributed by atoms with Gasteiger partial charge in [0.15, 0.2) is 0 Å². The van der Waals surface area contributed by atoms with Crippen molar-refractivity contribution in [3.05, 3.63) is 22.7 Å². The van der Waals surface area contributed by atoms with E-state index < -0.39 is 0 Å². The second-order valence-electron chi connectivity index (χ2n) is 2.13. The van der Waals surface area contributed by atoms with E-state index >= 15 is 0 Å². The molecule has 0 atom stereocenters. The molecule has 0 spiro atoms. The van der Waals surface area contributed by atoms with E-state index in [1.807, 2.05) is 6.92 Å². The molecule has 1 rings (SSSR count). The standard InChI is InChI=1S/C7H8ClNO/c1-4-2-3-5(10)6(8)7(4)9/h2-3,10H,9H2,1H3. The second kappa shape index (κ2) is 2.39. The predicted octanol–water partition coefficient (Wildman–Crippen LogP) is 1.94. The molecule has 0 bridgehead atoms. The van der Waals surface area contributed by atoms with E-state index in [9.17, 15) is 0 Å². The summed E-state index contributed by atoms with van der Waals surface area (Å²) in [6.45, 7) is 1.83. The van der Waals surface area contributed by atoms with Gasteiger partial charge in [-0.3, -0.25) is 0 Å². The number of nitrogen functional groups attached to an aromatic ring is 1. The summed E-state index contributed by atoms with van der Waals surface area (Å²) >= 11 is 5.61. The summed E-state index contributed by atoms with van der Waals surface area (Å²) in [6, 6.07) is 3.24. The fraction of sp³-hybridized carbons (Fsp3) is 0.143. The van der Waals surface area contributed by atoms with Crippen LogP contribution < -0.4 is 5.73 Å². The SMILES string of the molecule is Cc1ccc(O)c(Cl)c1N. The van der Waals surface area contributed by atoms with Crippen LogP contribution in [0.5, 0.6) is 5.75 Å². The third-order valence-electron chi connectivity index (χ3n) is 1.38. The number of phenolic OH excluding ortho intramolecular Hbond substituents is 1. The van der Waals surface area contributed by atoms with E-state index in [0.717, 1.165) is 5.56 Å². The minimum atomic E-state index is 0.0322. The third-order valence-corrected chi connectivity index (χ3v) is 1.77. The lowest BCUT2D eigenvalue weighted by Gasteiger charge is -2.02. The number of aromatic hydroxyl groups is 1. The van der Waals surface area contributed by atoms with Crippen molar-refractivity contribution in [1.29, 1.82) is 0 Å². The maximum atomic E-state index is 9.01. The quantitative estimate of drug-likeness (QED) is 0.566. The van der Waals surface area contributed by atoms with Gasteiger partial charge in [-0.1, -0.05) is 17.7 Å². The van der Waals surface area contributed by atoms with Gasteiger partial charge >= 0.3 is 0 Å². The molecule has 0 unspecified atom stereocenters. The predicted molar refractivity (Wildman–Crippen MR) is 42.3 cm³/mol. The van der Waals surface area contributed by atoms with Crippen molar-refractivity contribution in [3.8, 4) is 5.75 Å². The molecule has 3 heteroatoms. The van der Waals surface area contributed by atoms with E-state index in [4.69, 9.17) is 22.4 Å². The zero-order chi connectivity index (χ0) is 7.72. The molecule has 54 valence electrons. The van der Waals surface area contributed by atoms with Crippen LogP contribution in [-0.2, 0) is 0 Å². The average molecular weight is 158 g/mol. The largest absolute Gasteiger partial charge is 0.506 e. The van der Waals surface area contributed by atoms with Gasteiger partial charge in [-0.2, -0.15) is 0 Å². The molecule has 2 nitrogen and oxygen atoms in total. The summed E-state index contributed by atoms with van der Waals surface area (Å²) < 4.78 is 0. The smallest absolute Gasteiger partial charge is 0.136 e. The lowest BCUT2D eigenvalue weighted by molar-refractivity contribution is 0.476. The molecule has 0 saturated heterocycles. The van der Waals surface area contributed by atoms with Gasteiger partial charge in [0.05, 0.1) is 5.69 Å². The molecule has 0 saturated carbocycles. The Morgan fingerprint density at radius 1 is 1.50 bits per heavy atom. The normalized spacial score (nSPS) is 9.80. The summed E-state index contributed by atoms with van der Waals surface area (Å²) in [4.78, 5) is 0. The Hall–Kier alpha value is -0.890. The number of anilines is 1. The van der Waals surface area contributed by atoms with Gasteiger partial charge in [0.1, 0.15) is 10.8 Å². The zero-order valence-electron chi connectivity index (χ0n) is 5.56. The first-order valence-corrected chi connectivity index (χ1v) is 3.24. The van der Waals surface area contributed by atoms with Crippen LogP contribution >= 0.6 is 11.6 Å². The Balaban J connectivity index is 3.34. The highest BCUT2D eigenvalue weighted by atomic mass is 35.5. The number of nitrogens with two attached hydrogens (primary N) is 1. The Kier molecular flexibility index (Phi) is 1.72. The Bertz CT molecular complexity index is 233. The summed E-state index contributed by atoms with van der Waals surface area (Å²) in [5, 5.41) is 9.25. The first-order chi connectivity index (χ1) is 4.63. The molecule has 0 aliphatic carbocycles. The first-order valence-electron chi connectivity index (χ1n) is 2.86. The van der Waals surface area contributed by atoms with Crippen LogP contribution in [0.2, 0.25) is 5.02 Å². The average Bonchev–Trinajstić information content (AvgIpc) is 1.93. The van der Waals surface area contributed by atoms with Crippen LogP contribution in [0.3, 0.4) is 0 Å². The number of hydrogen-bond acceptors (Lipinski definition) is 2. The van der Waals surface area contributed by atoms with Crippen molar-refractivity contribution in [1.82, 2.24) is 0 Å². The molecule has 0 aliphatic rings.